The van der Waals surface area contributed by atoms with Crippen LogP contribution in [0.25, 0.3) is 11.1 Å². The fourth-order valence-corrected chi connectivity index (χ4v) is 3.58. The van der Waals surface area contributed by atoms with Gasteiger partial charge in [0.1, 0.15) is 17.2 Å². The molecule has 2 amide bonds. The van der Waals surface area contributed by atoms with Crippen LogP contribution in [-0.4, -0.2) is 49.5 Å². The predicted molar refractivity (Wildman–Crippen MR) is 124 cm³/mol. The molecule has 0 bridgehead atoms. The Labute approximate surface area is 193 Å². The summed E-state index contributed by atoms with van der Waals surface area (Å²) in [6.07, 6.45) is 0.522. The van der Waals surface area contributed by atoms with Crippen LogP contribution in [0.1, 0.15) is 33.6 Å². The highest BCUT2D eigenvalue weighted by Crippen LogP contribution is 2.30. The van der Waals surface area contributed by atoms with Gasteiger partial charge >= 0.3 is 12.2 Å². The first-order valence-electron chi connectivity index (χ1n) is 11.0. The van der Waals surface area contributed by atoms with E-state index in [0.29, 0.717) is 30.1 Å². The number of piperidine rings is 1. The first-order chi connectivity index (χ1) is 15.6. The molecule has 1 aliphatic heterocycles. The molecule has 2 aromatic carbocycles. The lowest BCUT2D eigenvalue weighted by molar-refractivity contribution is 0.0153. The Kier molecular flexibility index (Phi) is 7.79. The normalized spacial score (nSPS) is 14.5. The van der Waals surface area contributed by atoms with Crippen LogP contribution < -0.4 is 10.1 Å². The van der Waals surface area contributed by atoms with E-state index in [1.807, 2.05) is 20.8 Å². The summed E-state index contributed by atoms with van der Waals surface area (Å²) < 4.78 is 29.9. The molecule has 0 aromatic heterocycles. The molecule has 0 unspecified atom stereocenters. The third-order valence-electron chi connectivity index (χ3n) is 5.34. The van der Waals surface area contributed by atoms with Gasteiger partial charge in [-0.15, -0.1) is 0 Å². The van der Waals surface area contributed by atoms with Crippen molar-refractivity contribution in [2.75, 3.05) is 32.1 Å². The quantitative estimate of drug-likeness (QED) is 0.622. The number of carbonyl (C=O) groups is 2. The Morgan fingerprint density at radius 3 is 2.36 bits per heavy atom. The number of rotatable bonds is 5. The number of nitrogens with one attached hydrogen (secondary N) is 1. The highest BCUT2D eigenvalue weighted by molar-refractivity contribution is 5.91. The molecule has 1 aliphatic rings. The van der Waals surface area contributed by atoms with Crippen LogP contribution in [0.15, 0.2) is 42.5 Å². The van der Waals surface area contributed by atoms with E-state index in [2.05, 4.69) is 5.32 Å². The van der Waals surface area contributed by atoms with Gasteiger partial charge in [0.25, 0.3) is 0 Å². The Morgan fingerprint density at radius 2 is 1.76 bits per heavy atom. The fourth-order valence-electron chi connectivity index (χ4n) is 3.58. The van der Waals surface area contributed by atoms with Crippen LogP contribution in [-0.2, 0) is 9.47 Å². The lowest BCUT2D eigenvalue weighted by atomic mass is 9.98. The zero-order valence-electron chi connectivity index (χ0n) is 19.5. The van der Waals surface area contributed by atoms with Gasteiger partial charge in [-0.2, -0.15) is 0 Å². The average Bonchev–Trinajstić information content (AvgIpc) is 2.78. The molecule has 7 nitrogen and oxygen atoms in total. The molecule has 33 heavy (non-hydrogen) atoms. The van der Waals surface area contributed by atoms with Crippen molar-refractivity contribution in [1.82, 2.24) is 4.90 Å². The molecule has 1 saturated heterocycles. The van der Waals surface area contributed by atoms with Crippen molar-refractivity contribution in [2.24, 2.45) is 5.92 Å². The van der Waals surface area contributed by atoms with Crippen LogP contribution in [0.3, 0.4) is 0 Å². The van der Waals surface area contributed by atoms with E-state index in [0.717, 1.165) is 18.4 Å². The third-order valence-corrected chi connectivity index (χ3v) is 5.34. The lowest BCUT2D eigenvalue weighted by Crippen LogP contribution is -2.42. The predicted octanol–water partition coefficient (Wildman–Crippen LogP) is 5.70. The molecular formula is C25H31FN2O5. The van der Waals surface area contributed by atoms with Gasteiger partial charge in [-0.25, -0.2) is 14.0 Å². The summed E-state index contributed by atoms with van der Waals surface area (Å²) in [6, 6.07) is 11.3. The molecule has 3 rings (SSSR count). The Hall–Kier alpha value is -3.29. The number of amides is 2. The lowest BCUT2D eigenvalue weighted by Gasteiger charge is -2.33. The number of likely N-dealkylation sites (tertiary alicyclic amines) is 1. The monoisotopic (exact) mass is 458 g/mol. The summed E-state index contributed by atoms with van der Waals surface area (Å²) in [4.78, 5) is 26.3. The number of hydrogen-bond donors (Lipinski definition) is 1. The molecule has 1 fully saturated rings. The van der Waals surface area contributed by atoms with Gasteiger partial charge in [-0.05, 0) is 75.4 Å². The van der Waals surface area contributed by atoms with Crippen molar-refractivity contribution < 1.29 is 28.2 Å². The van der Waals surface area contributed by atoms with E-state index in [1.165, 1.54) is 18.2 Å². The summed E-state index contributed by atoms with van der Waals surface area (Å²) >= 11 is 0. The van der Waals surface area contributed by atoms with Crippen LogP contribution in [0, 0.1) is 11.7 Å². The van der Waals surface area contributed by atoms with Gasteiger partial charge in [-0.1, -0.05) is 12.1 Å². The van der Waals surface area contributed by atoms with E-state index >= 15 is 0 Å². The van der Waals surface area contributed by atoms with Crippen molar-refractivity contribution in [1.29, 1.82) is 0 Å². The van der Waals surface area contributed by atoms with Crippen LogP contribution in [0.5, 0.6) is 5.75 Å². The number of methoxy groups -OCH3 is 1. The maximum atomic E-state index is 13.9. The van der Waals surface area contributed by atoms with Crippen molar-refractivity contribution >= 4 is 17.9 Å². The Balaban J connectivity index is 1.53. The standard InChI is InChI=1S/C25H31FN2O5/c1-25(2,3)33-24(30)28-13-11-17(12-14-28)16-32-23(29)27-22-10-7-19(26)15-21(22)18-5-8-20(31-4)9-6-18/h5-10,15,17H,11-14,16H2,1-4H3,(H,27,29). The second-order valence-corrected chi connectivity index (χ2v) is 9.05. The summed E-state index contributed by atoms with van der Waals surface area (Å²) in [5, 5.41) is 2.71. The topological polar surface area (TPSA) is 77.1 Å². The van der Waals surface area contributed by atoms with Gasteiger partial charge in [0.2, 0.25) is 0 Å². The number of hydrogen-bond acceptors (Lipinski definition) is 5. The largest absolute Gasteiger partial charge is 0.497 e. The minimum atomic E-state index is -0.606. The zero-order valence-corrected chi connectivity index (χ0v) is 19.5. The number of halogens is 1. The number of benzene rings is 2. The van der Waals surface area contributed by atoms with Gasteiger partial charge < -0.3 is 19.1 Å². The average molecular weight is 459 g/mol. The molecule has 8 heteroatoms. The van der Waals surface area contributed by atoms with E-state index in [9.17, 15) is 14.0 Å². The first kappa shape index (κ1) is 24.4. The van der Waals surface area contributed by atoms with Gasteiger partial charge in [0.05, 0.1) is 19.4 Å². The molecule has 0 saturated carbocycles. The SMILES string of the molecule is COc1ccc(-c2cc(F)ccc2NC(=O)OCC2CCN(C(=O)OC(C)(C)C)CC2)cc1. The fraction of sp³-hybridized carbons (Fsp3) is 0.440. The van der Waals surface area contributed by atoms with E-state index in [-0.39, 0.29) is 18.6 Å². The zero-order chi connectivity index (χ0) is 24.0. The second-order valence-electron chi connectivity index (χ2n) is 9.05. The third kappa shape index (κ3) is 7.10. The minimum absolute atomic E-state index is 0.156. The number of carbonyl (C=O) groups excluding carboxylic acids is 2. The van der Waals surface area contributed by atoms with Gasteiger partial charge in [0.15, 0.2) is 0 Å². The highest BCUT2D eigenvalue weighted by atomic mass is 19.1. The second kappa shape index (κ2) is 10.6. The highest BCUT2D eigenvalue weighted by Gasteiger charge is 2.27. The molecule has 0 atom stereocenters. The van der Waals surface area contributed by atoms with Crippen LogP contribution in [0.2, 0.25) is 0 Å². The van der Waals surface area contributed by atoms with Crippen molar-refractivity contribution in [2.45, 2.75) is 39.2 Å². The molecule has 0 radical (unpaired) electrons. The van der Waals surface area contributed by atoms with E-state index in [1.54, 1.807) is 36.3 Å². The van der Waals surface area contributed by atoms with E-state index in [4.69, 9.17) is 14.2 Å². The maximum absolute atomic E-state index is 13.9. The van der Waals surface area contributed by atoms with Crippen LogP contribution >= 0.6 is 0 Å². The first-order valence-corrected chi connectivity index (χ1v) is 11.0. The van der Waals surface area contributed by atoms with Crippen molar-refractivity contribution in [3.63, 3.8) is 0 Å². The summed E-state index contributed by atoms with van der Waals surface area (Å²) in [6.45, 7) is 6.88. The van der Waals surface area contributed by atoms with E-state index < -0.39 is 17.5 Å². The molecule has 2 aromatic rings. The molecule has 178 valence electrons. The number of ether oxygens (including phenoxy) is 3. The summed E-state index contributed by atoms with van der Waals surface area (Å²) in [7, 11) is 1.57. The minimum Gasteiger partial charge on any atom is -0.497 e. The Morgan fingerprint density at radius 1 is 1.09 bits per heavy atom. The molecule has 0 spiro atoms. The van der Waals surface area contributed by atoms with Crippen molar-refractivity contribution in [3.8, 4) is 16.9 Å². The number of anilines is 1. The molecular weight excluding hydrogens is 427 g/mol. The maximum Gasteiger partial charge on any atom is 0.411 e. The van der Waals surface area contributed by atoms with Gasteiger partial charge in [-0.3, -0.25) is 5.32 Å². The van der Waals surface area contributed by atoms with Crippen molar-refractivity contribution in [3.05, 3.63) is 48.3 Å². The molecule has 0 aliphatic carbocycles. The Bertz CT molecular complexity index is 964. The molecule has 1 heterocycles. The number of nitrogens with zero attached hydrogens (tertiary/aromatic N) is 1. The van der Waals surface area contributed by atoms with Crippen LogP contribution in [0.4, 0.5) is 19.7 Å². The smallest absolute Gasteiger partial charge is 0.411 e. The van der Waals surface area contributed by atoms with Gasteiger partial charge in [0, 0.05) is 18.7 Å². The molecule has 1 N–H and O–H groups in total. The summed E-state index contributed by atoms with van der Waals surface area (Å²) in [5.74, 6) is 0.432. The summed E-state index contributed by atoms with van der Waals surface area (Å²) in [5.41, 5.74) is 1.20.